The summed E-state index contributed by atoms with van der Waals surface area (Å²) in [6.45, 7) is 0. The lowest BCUT2D eigenvalue weighted by Crippen LogP contribution is -1.99. The van der Waals surface area contributed by atoms with Gasteiger partial charge in [-0.25, -0.2) is 4.79 Å². The van der Waals surface area contributed by atoms with Crippen molar-refractivity contribution in [2.24, 2.45) is 0 Å². The molecule has 2 aromatic carbocycles. The molecule has 2 rings (SSSR count). The molecule has 0 atom stereocenters. The summed E-state index contributed by atoms with van der Waals surface area (Å²) in [7, 11) is 0. The first kappa shape index (κ1) is 13.6. The molecule has 0 fully saturated rings. The van der Waals surface area contributed by atoms with Crippen LogP contribution in [0.25, 0.3) is 6.08 Å². The van der Waals surface area contributed by atoms with Crippen LogP contribution in [0.3, 0.4) is 0 Å². The monoisotopic (exact) mass is 316 g/mol. The van der Waals surface area contributed by atoms with Gasteiger partial charge in [-0.05, 0) is 39.5 Å². The summed E-state index contributed by atoms with van der Waals surface area (Å²) in [5.41, 5.74) is 2.39. The summed E-state index contributed by atoms with van der Waals surface area (Å²) >= 11 is 3.35. The fourth-order valence-electron chi connectivity index (χ4n) is 1.79. The van der Waals surface area contributed by atoms with E-state index < -0.39 is 5.97 Å². The van der Waals surface area contributed by atoms with Gasteiger partial charge >= 0.3 is 5.97 Å². The van der Waals surface area contributed by atoms with E-state index in [1.54, 1.807) is 12.1 Å². The Bertz CT molecular complexity index is 603. The molecule has 0 aliphatic carbocycles. The Labute approximate surface area is 120 Å². The summed E-state index contributed by atoms with van der Waals surface area (Å²) in [4.78, 5) is 11.0. The average Bonchev–Trinajstić information content (AvgIpc) is 2.41. The van der Waals surface area contributed by atoms with Gasteiger partial charge in [-0.2, -0.15) is 0 Å². The van der Waals surface area contributed by atoms with Crippen LogP contribution < -0.4 is 0 Å². The molecule has 1 N–H and O–H groups in total. The third-order valence-electron chi connectivity index (χ3n) is 2.76. The van der Waals surface area contributed by atoms with Crippen molar-refractivity contribution in [1.29, 1.82) is 0 Å². The number of allylic oxidation sites excluding steroid dienone is 1. The van der Waals surface area contributed by atoms with Gasteiger partial charge in [0.1, 0.15) is 0 Å². The van der Waals surface area contributed by atoms with Crippen LogP contribution in [0.15, 0.2) is 59.1 Å². The SMILES string of the molecule is O=C(O)c1cccc(C/C=C/c2ccccc2)c1Br. The second-order valence-electron chi connectivity index (χ2n) is 4.10. The van der Waals surface area contributed by atoms with Gasteiger partial charge in [0.25, 0.3) is 0 Å². The molecule has 3 heteroatoms. The normalized spacial score (nSPS) is 10.8. The number of rotatable bonds is 4. The van der Waals surface area contributed by atoms with E-state index in [-0.39, 0.29) is 0 Å². The number of benzene rings is 2. The number of carboxylic acids is 1. The van der Waals surface area contributed by atoms with Gasteiger partial charge in [-0.15, -0.1) is 0 Å². The quantitative estimate of drug-likeness (QED) is 0.907. The maximum Gasteiger partial charge on any atom is 0.336 e. The minimum Gasteiger partial charge on any atom is -0.478 e. The van der Waals surface area contributed by atoms with Crippen molar-refractivity contribution in [3.63, 3.8) is 0 Å². The van der Waals surface area contributed by atoms with Crippen molar-refractivity contribution in [3.05, 3.63) is 75.8 Å². The van der Waals surface area contributed by atoms with Crippen LogP contribution >= 0.6 is 15.9 Å². The fourth-order valence-corrected chi connectivity index (χ4v) is 2.38. The number of aromatic carboxylic acids is 1. The average molecular weight is 317 g/mol. The Morgan fingerprint density at radius 1 is 1.11 bits per heavy atom. The van der Waals surface area contributed by atoms with E-state index in [1.165, 1.54) is 0 Å². The van der Waals surface area contributed by atoms with Crippen molar-refractivity contribution in [2.45, 2.75) is 6.42 Å². The van der Waals surface area contributed by atoms with Crippen molar-refractivity contribution in [2.75, 3.05) is 0 Å². The summed E-state index contributed by atoms with van der Waals surface area (Å²) in [5, 5.41) is 9.05. The van der Waals surface area contributed by atoms with Gasteiger partial charge in [-0.3, -0.25) is 0 Å². The zero-order valence-electron chi connectivity index (χ0n) is 10.2. The van der Waals surface area contributed by atoms with Crippen molar-refractivity contribution in [1.82, 2.24) is 0 Å². The Kier molecular flexibility index (Phi) is 4.53. The van der Waals surface area contributed by atoms with Crippen molar-refractivity contribution < 1.29 is 9.90 Å². The first-order valence-electron chi connectivity index (χ1n) is 5.91. The lowest BCUT2D eigenvalue weighted by Gasteiger charge is -2.04. The zero-order chi connectivity index (χ0) is 13.7. The first-order chi connectivity index (χ1) is 9.18. The van der Waals surface area contributed by atoms with Crippen LogP contribution in [-0.2, 0) is 6.42 Å². The molecule has 0 spiro atoms. The Balaban J connectivity index is 2.14. The summed E-state index contributed by atoms with van der Waals surface area (Å²) in [6.07, 6.45) is 4.75. The van der Waals surface area contributed by atoms with Gasteiger partial charge < -0.3 is 5.11 Å². The molecule has 0 saturated carbocycles. The zero-order valence-corrected chi connectivity index (χ0v) is 11.8. The summed E-state index contributed by atoms with van der Waals surface area (Å²) in [6, 6.07) is 15.3. The molecule has 0 radical (unpaired) electrons. The molecule has 0 aliphatic rings. The molecule has 2 nitrogen and oxygen atoms in total. The number of hydrogen-bond acceptors (Lipinski definition) is 1. The van der Waals surface area contributed by atoms with Gasteiger partial charge in [-0.1, -0.05) is 54.6 Å². The van der Waals surface area contributed by atoms with E-state index in [4.69, 9.17) is 5.11 Å². The molecule has 19 heavy (non-hydrogen) atoms. The highest BCUT2D eigenvalue weighted by molar-refractivity contribution is 9.10. The molecular formula is C16H13BrO2. The highest BCUT2D eigenvalue weighted by atomic mass is 79.9. The molecule has 0 aliphatic heterocycles. The lowest BCUT2D eigenvalue weighted by molar-refractivity contribution is 0.0696. The number of carbonyl (C=O) groups is 1. The molecular weight excluding hydrogens is 304 g/mol. The van der Waals surface area contributed by atoms with Crippen molar-refractivity contribution in [3.8, 4) is 0 Å². The molecule has 0 heterocycles. The van der Waals surface area contributed by atoms with E-state index in [9.17, 15) is 4.79 Å². The third kappa shape index (κ3) is 3.55. The fraction of sp³-hybridized carbons (Fsp3) is 0.0625. The van der Waals surface area contributed by atoms with Crippen molar-refractivity contribution >= 4 is 28.0 Å². The molecule has 96 valence electrons. The second-order valence-corrected chi connectivity index (χ2v) is 4.89. The molecule has 2 aromatic rings. The lowest BCUT2D eigenvalue weighted by atomic mass is 10.1. The van der Waals surface area contributed by atoms with E-state index in [0.29, 0.717) is 16.5 Å². The van der Waals surface area contributed by atoms with E-state index in [0.717, 1.165) is 11.1 Å². The third-order valence-corrected chi connectivity index (χ3v) is 3.69. The first-order valence-corrected chi connectivity index (χ1v) is 6.70. The van der Waals surface area contributed by atoms with Gasteiger partial charge in [0, 0.05) is 4.47 Å². The smallest absolute Gasteiger partial charge is 0.336 e. The van der Waals surface area contributed by atoms with E-state index in [2.05, 4.69) is 15.9 Å². The van der Waals surface area contributed by atoms with Crippen LogP contribution in [-0.4, -0.2) is 11.1 Å². The van der Waals surface area contributed by atoms with E-state index >= 15 is 0 Å². The van der Waals surface area contributed by atoms with Gasteiger partial charge in [0.05, 0.1) is 5.56 Å². The summed E-state index contributed by atoms with van der Waals surface area (Å²) in [5.74, 6) is -0.916. The Morgan fingerprint density at radius 3 is 2.53 bits per heavy atom. The van der Waals surface area contributed by atoms with Gasteiger partial charge in [0.2, 0.25) is 0 Å². The van der Waals surface area contributed by atoms with Crippen LogP contribution in [0.4, 0.5) is 0 Å². The Morgan fingerprint density at radius 2 is 1.84 bits per heavy atom. The molecule has 0 bridgehead atoms. The molecule has 0 unspecified atom stereocenters. The molecule has 0 saturated heterocycles. The molecule has 0 amide bonds. The number of halogens is 1. The van der Waals surface area contributed by atoms with Crippen LogP contribution in [0.2, 0.25) is 0 Å². The molecule has 0 aromatic heterocycles. The second kappa shape index (κ2) is 6.34. The predicted molar refractivity (Wildman–Crippen MR) is 80.3 cm³/mol. The predicted octanol–water partition coefficient (Wildman–Crippen LogP) is 4.40. The Hall–Kier alpha value is -1.87. The standard InChI is InChI=1S/C16H13BrO2/c17-15-13(10-5-11-14(15)16(18)19)9-4-8-12-6-2-1-3-7-12/h1-8,10-11H,9H2,(H,18,19)/b8-4+. The number of hydrogen-bond donors (Lipinski definition) is 1. The van der Waals surface area contributed by atoms with Crippen LogP contribution in [0, 0.1) is 0 Å². The van der Waals surface area contributed by atoms with Crippen LogP contribution in [0.5, 0.6) is 0 Å². The number of carboxylic acid groups (broad SMARTS) is 1. The largest absolute Gasteiger partial charge is 0.478 e. The minimum atomic E-state index is -0.916. The maximum atomic E-state index is 11.0. The van der Waals surface area contributed by atoms with Gasteiger partial charge in [0.15, 0.2) is 0 Å². The van der Waals surface area contributed by atoms with E-state index in [1.807, 2.05) is 48.6 Å². The van der Waals surface area contributed by atoms with Crippen LogP contribution in [0.1, 0.15) is 21.5 Å². The summed E-state index contributed by atoms with van der Waals surface area (Å²) < 4.78 is 0.653. The highest BCUT2D eigenvalue weighted by Crippen LogP contribution is 2.22. The topological polar surface area (TPSA) is 37.3 Å². The highest BCUT2D eigenvalue weighted by Gasteiger charge is 2.10. The minimum absolute atomic E-state index is 0.297. The maximum absolute atomic E-state index is 11.0.